The van der Waals surface area contributed by atoms with Gasteiger partial charge in [0.25, 0.3) is 5.91 Å². The summed E-state index contributed by atoms with van der Waals surface area (Å²) in [5, 5.41) is 0.886. The number of carbonyl (C=O) groups excluding carboxylic acids is 1. The zero-order chi connectivity index (χ0) is 14.5. The van der Waals surface area contributed by atoms with Crippen LogP contribution >= 0.6 is 23.2 Å². The Hall–Kier alpha value is -0.770. The van der Waals surface area contributed by atoms with Crippen molar-refractivity contribution in [1.82, 2.24) is 4.90 Å². The normalized spacial score (nSPS) is 19.1. The van der Waals surface area contributed by atoms with E-state index >= 15 is 0 Å². The smallest absolute Gasteiger partial charge is 0.253 e. The van der Waals surface area contributed by atoms with Crippen molar-refractivity contribution in [2.24, 2.45) is 5.92 Å². The molecule has 1 saturated heterocycles. The molecule has 0 bridgehead atoms. The van der Waals surface area contributed by atoms with E-state index in [4.69, 9.17) is 27.9 Å². The van der Waals surface area contributed by atoms with Crippen LogP contribution in [0, 0.1) is 5.92 Å². The van der Waals surface area contributed by atoms with Crippen LogP contribution in [-0.4, -0.2) is 37.1 Å². The molecule has 1 aromatic carbocycles. The van der Waals surface area contributed by atoms with Crippen molar-refractivity contribution in [3.63, 3.8) is 0 Å². The molecule has 0 aliphatic carbocycles. The highest BCUT2D eigenvalue weighted by atomic mass is 35.5. The number of rotatable bonds is 4. The maximum atomic E-state index is 12.5. The maximum Gasteiger partial charge on any atom is 0.253 e. The summed E-state index contributed by atoms with van der Waals surface area (Å²) in [5.74, 6) is 0.445. The number of hydrogen-bond donors (Lipinski definition) is 0. The molecule has 2 rings (SSSR count). The molecule has 0 spiro atoms. The number of benzene rings is 1. The van der Waals surface area contributed by atoms with Crippen LogP contribution in [0.4, 0.5) is 0 Å². The highest BCUT2D eigenvalue weighted by Crippen LogP contribution is 2.25. The van der Waals surface area contributed by atoms with Gasteiger partial charge in [-0.1, -0.05) is 23.2 Å². The average molecular weight is 316 g/mol. The number of hydrogen-bond acceptors (Lipinski definition) is 2. The van der Waals surface area contributed by atoms with Crippen LogP contribution in [0.25, 0.3) is 0 Å². The van der Waals surface area contributed by atoms with E-state index in [1.54, 1.807) is 18.2 Å². The summed E-state index contributed by atoms with van der Waals surface area (Å²) in [6.07, 6.45) is 2.13. The van der Waals surface area contributed by atoms with Crippen LogP contribution in [0.2, 0.25) is 10.0 Å². The van der Waals surface area contributed by atoms with E-state index in [-0.39, 0.29) is 5.91 Å². The van der Waals surface area contributed by atoms with E-state index in [0.717, 1.165) is 39.1 Å². The van der Waals surface area contributed by atoms with Crippen molar-refractivity contribution in [2.75, 3.05) is 26.3 Å². The number of piperidine rings is 1. The minimum Gasteiger partial charge on any atom is -0.381 e. The number of likely N-dealkylation sites (tertiary alicyclic amines) is 1. The van der Waals surface area contributed by atoms with Gasteiger partial charge in [-0.05, 0) is 43.9 Å². The van der Waals surface area contributed by atoms with Gasteiger partial charge in [0.2, 0.25) is 0 Å². The minimum absolute atomic E-state index is 0.0183. The summed E-state index contributed by atoms with van der Waals surface area (Å²) < 4.78 is 5.47. The van der Waals surface area contributed by atoms with Crippen LogP contribution in [0.15, 0.2) is 18.2 Å². The van der Waals surface area contributed by atoms with Crippen LogP contribution in [0.5, 0.6) is 0 Å². The van der Waals surface area contributed by atoms with Crippen molar-refractivity contribution in [1.29, 1.82) is 0 Å². The second kappa shape index (κ2) is 7.30. The van der Waals surface area contributed by atoms with E-state index in [9.17, 15) is 4.79 Å². The third-order valence-corrected chi connectivity index (χ3v) is 4.27. The lowest BCUT2D eigenvalue weighted by atomic mass is 9.98. The molecule has 1 amide bonds. The second-order valence-corrected chi connectivity index (χ2v) is 5.86. The van der Waals surface area contributed by atoms with E-state index in [1.165, 1.54) is 0 Å². The van der Waals surface area contributed by atoms with Crippen molar-refractivity contribution >= 4 is 29.1 Å². The van der Waals surface area contributed by atoms with Crippen molar-refractivity contribution in [3.05, 3.63) is 33.8 Å². The van der Waals surface area contributed by atoms with Gasteiger partial charge >= 0.3 is 0 Å². The van der Waals surface area contributed by atoms with E-state index < -0.39 is 0 Å². The fraction of sp³-hybridized carbons (Fsp3) is 0.533. The van der Waals surface area contributed by atoms with Crippen molar-refractivity contribution < 1.29 is 9.53 Å². The summed E-state index contributed by atoms with van der Waals surface area (Å²) in [6, 6.07) is 5.03. The number of amides is 1. The second-order valence-electron chi connectivity index (χ2n) is 5.05. The Morgan fingerprint density at radius 1 is 1.40 bits per heavy atom. The molecule has 1 aliphatic heterocycles. The summed E-state index contributed by atoms with van der Waals surface area (Å²) in [6.45, 7) is 4.97. The lowest BCUT2D eigenvalue weighted by molar-refractivity contribution is 0.0501. The first-order chi connectivity index (χ1) is 9.61. The molecule has 20 heavy (non-hydrogen) atoms. The molecule has 1 aliphatic rings. The number of carbonyl (C=O) groups is 1. The van der Waals surface area contributed by atoms with Gasteiger partial charge in [-0.3, -0.25) is 4.79 Å². The molecular formula is C15H19Cl2NO2. The molecule has 1 unspecified atom stereocenters. The average Bonchev–Trinajstić information content (AvgIpc) is 2.47. The SMILES string of the molecule is CCOCC1CCCN(C(=O)c2ccc(Cl)c(Cl)c2)C1. The molecular weight excluding hydrogens is 297 g/mol. The monoisotopic (exact) mass is 315 g/mol. The van der Waals surface area contributed by atoms with E-state index in [1.807, 2.05) is 11.8 Å². The first kappa shape index (κ1) is 15.6. The van der Waals surface area contributed by atoms with Gasteiger partial charge in [0.05, 0.1) is 16.7 Å². The standard InChI is InChI=1S/C15H19Cl2NO2/c1-2-20-10-11-4-3-7-18(9-11)15(19)12-5-6-13(16)14(17)8-12/h5-6,8,11H,2-4,7,9-10H2,1H3. The number of halogens is 2. The van der Waals surface area contributed by atoms with Crippen LogP contribution < -0.4 is 0 Å². The zero-order valence-corrected chi connectivity index (χ0v) is 13.1. The van der Waals surface area contributed by atoms with Crippen LogP contribution in [0.1, 0.15) is 30.1 Å². The number of ether oxygens (including phenoxy) is 1. The van der Waals surface area contributed by atoms with E-state index in [0.29, 0.717) is 21.5 Å². The lowest BCUT2D eigenvalue weighted by Gasteiger charge is -2.32. The van der Waals surface area contributed by atoms with Gasteiger partial charge in [0, 0.05) is 25.3 Å². The third-order valence-electron chi connectivity index (χ3n) is 3.53. The van der Waals surface area contributed by atoms with Gasteiger partial charge in [-0.25, -0.2) is 0 Å². The van der Waals surface area contributed by atoms with Gasteiger partial charge in [-0.2, -0.15) is 0 Å². The largest absolute Gasteiger partial charge is 0.381 e. The maximum absolute atomic E-state index is 12.5. The molecule has 0 N–H and O–H groups in total. The van der Waals surface area contributed by atoms with Gasteiger partial charge in [0.15, 0.2) is 0 Å². The molecule has 1 aromatic rings. The third kappa shape index (κ3) is 3.87. The Bertz CT molecular complexity index is 479. The predicted molar refractivity (Wildman–Crippen MR) is 81.6 cm³/mol. The zero-order valence-electron chi connectivity index (χ0n) is 11.6. The fourth-order valence-electron chi connectivity index (χ4n) is 2.48. The molecule has 1 heterocycles. The summed E-state index contributed by atoms with van der Waals surface area (Å²) in [5.41, 5.74) is 0.594. The summed E-state index contributed by atoms with van der Waals surface area (Å²) in [4.78, 5) is 14.3. The molecule has 3 nitrogen and oxygen atoms in total. The van der Waals surface area contributed by atoms with Gasteiger partial charge in [0.1, 0.15) is 0 Å². The first-order valence-corrected chi connectivity index (χ1v) is 7.69. The quantitative estimate of drug-likeness (QED) is 0.843. The van der Waals surface area contributed by atoms with Crippen molar-refractivity contribution in [2.45, 2.75) is 19.8 Å². The Labute approximate surface area is 129 Å². The van der Waals surface area contributed by atoms with Gasteiger partial charge in [-0.15, -0.1) is 0 Å². The molecule has 0 radical (unpaired) electrons. The Morgan fingerprint density at radius 3 is 2.90 bits per heavy atom. The number of nitrogens with zero attached hydrogens (tertiary/aromatic N) is 1. The summed E-state index contributed by atoms with van der Waals surface area (Å²) in [7, 11) is 0. The molecule has 1 atom stereocenters. The highest BCUT2D eigenvalue weighted by molar-refractivity contribution is 6.42. The Balaban J connectivity index is 2.02. The first-order valence-electron chi connectivity index (χ1n) is 6.94. The lowest BCUT2D eigenvalue weighted by Crippen LogP contribution is -2.41. The van der Waals surface area contributed by atoms with Crippen molar-refractivity contribution in [3.8, 4) is 0 Å². The van der Waals surface area contributed by atoms with Gasteiger partial charge < -0.3 is 9.64 Å². The molecule has 0 saturated carbocycles. The highest BCUT2D eigenvalue weighted by Gasteiger charge is 2.24. The van der Waals surface area contributed by atoms with Crippen LogP contribution in [0.3, 0.4) is 0 Å². The predicted octanol–water partition coefficient (Wildman–Crippen LogP) is 3.88. The molecule has 0 aromatic heterocycles. The molecule has 5 heteroatoms. The summed E-state index contributed by atoms with van der Waals surface area (Å²) >= 11 is 11.8. The Kier molecular flexibility index (Phi) is 5.70. The fourth-order valence-corrected chi connectivity index (χ4v) is 2.78. The Morgan fingerprint density at radius 2 is 2.20 bits per heavy atom. The van der Waals surface area contributed by atoms with Crippen LogP contribution in [-0.2, 0) is 4.74 Å². The minimum atomic E-state index is 0.0183. The molecule has 110 valence electrons. The molecule has 1 fully saturated rings. The topological polar surface area (TPSA) is 29.5 Å². The van der Waals surface area contributed by atoms with E-state index in [2.05, 4.69) is 0 Å².